The van der Waals surface area contributed by atoms with Gasteiger partial charge in [0.05, 0.1) is 24.0 Å². The molecular weight excluding hydrogens is 314 g/mol. The van der Waals surface area contributed by atoms with E-state index in [1.165, 1.54) is 0 Å². The fourth-order valence-electron chi connectivity index (χ4n) is 1.87. The van der Waals surface area contributed by atoms with E-state index < -0.39 is 6.10 Å². The quantitative estimate of drug-likeness (QED) is 0.806. The summed E-state index contributed by atoms with van der Waals surface area (Å²) in [5.74, 6) is 0. The van der Waals surface area contributed by atoms with Crippen LogP contribution >= 0.6 is 27.3 Å². The first kappa shape index (κ1) is 11.8. The molecule has 3 aromatic rings. The highest BCUT2D eigenvalue weighted by molar-refractivity contribution is 9.10. The Kier molecular flexibility index (Phi) is 3.15. The van der Waals surface area contributed by atoms with Crippen LogP contribution in [0.5, 0.6) is 0 Å². The minimum Gasteiger partial charge on any atom is -0.388 e. The van der Waals surface area contributed by atoms with E-state index in [1.807, 2.05) is 11.4 Å². The molecule has 18 heavy (non-hydrogen) atoms. The lowest BCUT2D eigenvalue weighted by molar-refractivity contribution is 0.180. The van der Waals surface area contributed by atoms with Gasteiger partial charge < -0.3 is 5.11 Å². The second kappa shape index (κ2) is 4.79. The lowest BCUT2D eigenvalue weighted by atomic mass is 10.1. The summed E-state index contributed by atoms with van der Waals surface area (Å²) in [5, 5.41) is 16.5. The third-order valence-corrected chi connectivity index (χ3v) is 4.73. The van der Waals surface area contributed by atoms with E-state index in [9.17, 15) is 5.11 Å². The molecule has 1 unspecified atom stereocenters. The number of nitrogens with zero attached hydrogens (tertiary/aromatic N) is 3. The normalized spacial score (nSPS) is 13.0. The Bertz CT molecular complexity index is 679. The van der Waals surface area contributed by atoms with Crippen LogP contribution in [0.15, 0.2) is 40.7 Å². The molecule has 1 atom stereocenters. The van der Waals surface area contributed by atoms with Crippen molar-refractivity contribution in [1.29, 1.82) is 0 Å². The monoisotopic (exact) mass is 323 g/mol. The van der Waals surface area contributed by atoms with Gasteiger partial charge >= 0.3 is 0 Å². The van der Waals surface area contributed by atoms with Gasteiger partial charge in [-0.15, -0.1) is 11.3 Å². The Balaban J connectivity index is 1.93. The molecule has 0 aliphatic heterocycles. The third-order valence-electron chi connectivity index (χ3n) is 2.78. The molecule has 3 aromatic heterocycles. The standard InChI is InChI=1S/C12H10BrN3OS/c13-9-1-4-18-12(9)5-11(17)8-6-15-16-3-2-14-7-10(8)16/h1-4,6-7,11,17H,5H2. The van der Waals surface area contributed by atoms with Gasteiger partial charge in [0.25, 0.3) is 0 Å². The molecule has 0 spiro atoms. The van der Waals surface area contributed by atoms with Crippen molar-refractivity contribution in [1.82, 2.24) is 14.6 Å². The van der Waals surface area contributed by atoms with Crippen molar-refractivity contribution < 1.29 is 5.11 Å². The first-order valence-corrected chi connectivity index (χ1v) is 7.10. The van der Waals surface area contributed by atoms with Gasteiger partial charge in [-0.1, -0.05) is 0 Å². The molecule has 92 valence electrons. The van der Waals surface area contributed by atoms with Gasteiger partial charge in [-0.3, -0.25) is 4.98 Å². The largest absolute Gasteiger partial charge is 0.388 e. The summed E-state index contributed by atoms with van der Waals surface area (Å²) < 4.78 is 2.76. The Hall–Kier alpha value is -1.24. The van der Waals surface area contributed by atoms with Gasteiger partial charge in [0.1, 0.15) is 0 Å². The number of hydrogen-bond donors (Lipinski definition) is 1. The molecule has 3 heterocycles. The summed E-state index contributed by atoms with van der Waals surface area (Å²) in [6.45, 7) is 0. The Morgan fingerprint density at radius 2 is 2.33 bits per heavy atom. The lowest BCUT2D eigenvalue weighted by Gasteiger charge is -2.08. The zero-order valence-corrected chi connectivity index (χ0v) is 11.7. The summed E-state index contributed by atoms with van der Waals surface area (Å²) in [6.07, 6.45) is 6.87. The molecule has 0 aliphatic carbocycles. The van der Waals surface area contributed by atoms with Crippen molar-refractivity contribution in [3.8, 4) is 0 Å². The van der Waals surface area contributed by atoms with E-state index in [4.69, 9.17) is 0 Å². The Morgan fingerprint density at radius 1 is 1.44 bits per heavy atom. The smallest absolute Gasteiger partial charge is 0.0903 e. The molecule has 0 fully saturated rings. The molecule has 0 saturated carbocycles. The zero-order chi connectivity index (χ0) is 12.5. The van der Waals surface area contributed by atoms with Crippen molar-refractivity contribution in [2.45, 2.75) is 12.5 Å². The number of aliphatic hydroxyl groups excluding tert-OH is 1. The average molecular weight is 324 g/mol. The van der Waals surface area contributed by atoms with E-state index in [2.05, 4.69) is 26.0 Å². The van der Waals surface area contributed by atoms with Gasteiger partial charge in [0.2, 0.25) is 0 Å². The summed E-state index contributed by atoms with van der Waals surface area (Å²) in [6, 6.07) is 1.99. The van der Waals surface area contributed by atoms with Crippen LogP contribution < -0.4 is 0 Å². The first-order chi connectivity index (χ1) is 8.75. The minimum absolute atomic E-state index is 0.568. The number of thiophene rings is 1. The number of rotatable bonds is 3. The second-order valence-corrected chi connectivity index (χ2v) is 5.77. The van der Waals surface area contributed by atoms with Crippen molar-refractivity contribution >= 4 is 32.8 Å². The number of fused-ring (bicyclic) bond motifs is 1. The Labute approximate surface area is 116 Å². The van der Waals surface area contributed by atoms with Crippen LogP contribution in [0.3, 0.4) is 0 Å². The summed E-state index contributed by atoms with van der Waals surface area (Å²) in [5.41, 5.74) is 1.65. The molecule has 4 nitrogen and oxygen atoms in total. The summed E-state index contributed by atoms with van der Waals surface area (Å²) >= 11 is 5.10. The first-order valence-electron chi connectivity index (χ1n) is 5.43. The number of hydrogen-bond acceptors (Lipinski definition) is 4. The molecule has 3 rings (SSSR count). The van der Waals surface area contributed by atoms with Gasteiger partial charge in [-0.25, -0.2) is 4.52 Å². The fourth-order valence-corrected chi connectivity index (χ4v) is 3.42. The van der Waals surface area contributed by atoms with Crippen molar-refractivity contribution in [2.75, 3.05) is 0 Å². The number of aliphatic hydroxyl groups is 1. The van der Waals surface area contributed by atoms with E-state index in [0.29, 0.717) is 6.42 Å². The van der Waals surface area contributed by atoms with E-state index in [-0.39, 0.29) is 0 Å². The second-order valence-electron chi connectivity index (χ2n) is 3.92. The predicted molar refractivity (Wildman–Crippen MR) is 73.7 cm³/mol. The van der Waals surface area contributed by atoms with Crippen LogP contribution in [0.4, 0.5) is 0 Å². The van der Waals surface area contributed by atoms with Gasteiger partial charge in [0.15, 0.2) is 0 Å². The molecule has 0 amide bonds. The topological polar surface area (TPSA) is 50.4 Å². The van der Waals surface area contributed by atoms with Crippen LogP contribution in [0.25, 0.3) is 5.52 Å². The highest BCUT2D eigenvalue weighted by Crippen LogP contribution is 2.29. The average Bonchev–Trinajstić information content (AvgIpc) is 2.96. The number of aromatic nitrogens is 3. The highest BCUT2D eigenvalue weighted by atomic mass is 79.9. The third kappa shape index (κ3) is 2.07. The molecule has 0 aliphatic rings. The minimum atomic E-state index is -0.568. The summed E-state index contributed by atoms with van der Waals surface area (Å²) in [4.78, 5) is 5.19. The fraction of sp³-hybridized carbons (Fsp3) is 0.167. The zero-order valence-electron chi connectivity index (χ0n) is 9.32. The van der Waals surface area contributed by atoms with Crippen molar-refractivity contribution in [3.63, 3.8) is 0 Å². The van der Waals surface area contributed by atoms with Crippen molar-refractivity contribution in [2.24, 2.45) is 0 Å². The molecule has 1 N–H and O–H groups in total. The van der Waals surface area contributed by atoms with Gasteiger partial charge in [-0.2, -0.15) is 5.10 Å². The van der Waals surface area contributed by atoms with Crippen LogP contribution in [-0.4, -0.2) is 19.7 Å². The van der Waals surface area contributed by atoms with Crippen LogP contribution in [0, 0.1) is 0 Å². The van der Waals surface area contributed by atoms with E-state index >= 15 is 0 Å². The molecule has 0 radical (unpaired) electrons. The lowest BCUT2D eigenvalue weighted by Crippen LogP contribution is -2.00. The predicted octanol–water partition coefficient (Wildman–Crippen LogP) is 2.83. The van der Waals surface area contributed by atoms with Crippen LogP contribution in [0.1, 0.15) is 16.5 Å². The molecule has 0 saturated heterocycles. The maximum Gasteiger partial charge on any atom is 0.0903 e. The summed E-state index contributed by atoms with van der Waals surface area (Å²) in [7, 11) is 0. The van der Waals surface area contributed by atoms with Crippen LogP contribution in [0.2, 0.25) is 0 Å². The number of halogens is 1. The van der Waals surface area contributed by atoms with E-state index in [0.717, 1.165) is 20.4 Å². The van der Waals surface area contributed by atoms with E-state index in [1.54, 1.807) is 40.6 Å². The Morgan fingerprint density at radius 3 is 3.11 bits per heavy atom. The maximum atomic E-state index is 10.3. The molecule has 6 heteroatoms. The van der Waals surface area contributed by atoms with Crippen molar-refractivity contribution in [3.05, 3.63) is 51.1 Å². The molecular formula is C12H10BrN3OS. The maximum absolute atomic E-state index is 10.3. The SMILES string of the molecule is OC(Cc1sccc1Br)c1cnn2ccncc12. The van der Waals surface area contributed by atoms with Gasteiger partial charge in [-0.05, 0) is 27.4 Å². The highest BCUT2D eigenvalue weighted by Gasteiger charge is 2.16. The molecule has 0 aromatic carbocycles. The van der Waals surface area contributed by atoms with Crippen LogP contribution in [-0.2, 0) is 6.42 Å². The van der Waals surface area contributed by atoms with Gasteiger partial charge in [0, 0.05) is 33.7 Å². The molecule has 0 bridgehead atoms.